The summed E-state index contributed by atoms with van der Waals surface area (Å²) in [5.74, 6) is 1.01. The molecule has 1 aromatic heterocycles. The van der Waals surface area contributed by atoms with Crippen molar-refractivity contribution in [2.75, 3.05) is 31.2 Å². The van der Waals surface area contributed by atoms with Crippen molar-refractivity contribution < 1.29 is 9.53 Å². The molecule has 1 saturated heterocycles. The second-order valence-corrected chi connectivity index (χ2v) is 7.73. The second kappa shape index (κ2) is 8.68. The monoisotopic (exact) mass is 384 g/mol. The summed E-state index contributed by atoms with van der Waals surface area (Å²) in [6.45, 7) is 5.64. The van der Waals surface area contributed by atoms with Gasteiger partial charge in [-0.05, 0) is 48.2 Å². The van der Waals surface area contributed by atoms with Crippen molar-refractivity contribution in [1.82, 2.24) is 25.5 Å². The summed E-state index contributed by atoms with van der Waals surface area (Å²) >= 11 is 0. The minimum atomic E-state index is -0.0506. The van der Waals surface area contributed by atoms with Gasteiger partial charge in [0.05, 0.1) is 13.2 Å². The largest absolute Gasteiger partial charge is 0.378 e. The van der Waals surface area contributed by atoms with E-state index in [1.807, 2.05) is 12.1 Å². The number of nitrogens with zero attached hydrogens (tertiary/aromatic N) is 5. The zero-order chi connectivity index (χ0) is 19.3. The van der Waals surface area contributed by atoms with Crippen LogP contribution in [-0.2, 0) is 16.1 Å². The summed E-state index contributed by atoms with van der Waals surface area (Å²) in [6.07, 6.45) is 4.67. The maximum atomic E-state index is 12.3. The Kier molecular flexibility index (Phi) is 5.85. The predicted molar refractivity (Wildman–Crippen MR) is 106 cm³/mol. The zero-order valence-electron chi connectivity index (χ0n) is 16.4. The molecule has 28 heavy (non-hydrogen) atoms. The topological polar surface area (TPSA) is 85.2 Å². The quantitative estimate of drug-likeness (QED) is 0.847. The van der Waals surface area contributed by atoms with Crippen LogP contribution in [0.15, 0.2) is 24.3 Å². The van der Waals surface area contributed by atoms with E-state index < -0.39 is 0 Å². The molecule has 2 aliphatic rings. The van der Waals surface area contributed by atoms with Gasteiger partial charge in [0.2, 0.25) is 11.7 Å². The van der Waals surface area contributed by atoms with Gasteiger partial charge in [0, 0.05) is 30.4 Å². The fourth-order valence-corrected chi connectivity index (χ4v) is 3.98. The first-order chi connectivity index (χ1) is 13.7. The van der Waals surface area contributed by atoms with Gasteiger partial charge < -0.3 is 15.0 Å². The van der Waals surface area contributed by atoms with Gasteiger partial charge in [-0.15, -0.1) is 10.2 Å². The SMILES string of the molecule is CC1CCCCC1NC(=O)Cn1nnc(-c2ccc(N3CCOCC3)cc2)n1. The molecule has 0 bridgehead atoms. The number of aromatic nitrogens is 4. The van der Waals surface area contributed by atoms with Gasteiger partial charge in [-0.3, -0.25) is 4.79 Å². The molecular formula is C20H28N6O2. The van der Waals surface area contributed by atoms with Crippen LogP contribution in [-0.4, -0.2) is 58.5 Å². The van der Waals surface area contributed by atoms with Crippen molar-refractivity contribution in [3.63, 3.8) is 0 Å². The molecule has 1 aliphatic carbocycles. The Morgan fingerprint density at radius 1 is 1.18 bits per heavy atom. The van der Waals surface area contributed by atoms with Crippen LogP contribution in [0.4, 0.5) is 5.69 Å². The third-order valence-electron chi connectivity index (χ3n) is 5.70. The van der Waals surface area contributed by atoms with Crippen molar-refractivity contribution in [1.29, 1.82) is 0 Å². The number of hydrogen-bond donors (Lipinski definition) is 1. The van der Waals surface area contributed by atoms with Crippen LogP contribution < -0.4 is 10.2 Å². The minimum absolute atomic E-state index is 0.0506. The van der Waals surface area contributed by atoms with Crippen molar-refractivity contribution in [2.45, 2.75) is 45.2 Å². The summed E-state index contributed by atoms with van der Waals surface area (Å²) in [5, 5.41) is 15.7. The predicted octanol–water partition coefficient (Wildman–Crippen LogP) is 1.87. The molecule has 2 aromatic rings. The van der Waals surface area contributed by atoms with E-state index in [1.54, 1.807) is 0 Å². The molecule has 2 fully saturated rings. The average Bonchev–Trinajstić information content (AvgIpc) is 3.19. The Morgan fingerprint density at radius 3 is 2.68 bits per heavy atom. The standard InChI is InChI=1S/C20H28N6O2/c1-15-4-2-3-5-18(15)21-19(27)14-26-23-20(22-24-26)16-6-8-17(9-7-16)25-10-12-28-13-11-25/h6-9,15,18H,2-5,10-14H2,1H3,(H,21,27). The number of morpholine rings is 1. The van der Waals surface area contributed by atoms with E-state index in [2.05, 4.69) is 44.7 Å². The van der Waals surface area contributed by atoms with E-state index in [4.69, 9.17) is 4.74 Å². The lowest BCUT2D eigenvalue weighted by Crippen LogP contribution is -2.42. The summed E-state index contributed by atoms with van der Waals surface area (Å²) in [7, 11) is 0. The lowest BCUT2D eigenvalue weighted by atomic mass is 9.86. The van der Waals surface area contributed by atoms with Gasteiger partial charge in [0.25, 0.3) is 0 Å². The number of ether oxygens (including phenoxy) is 1. The molecule has 4 rings (SSSR count). The van der Waals surface area contributed by atoms with Crippen LogP contribution in [0.3, 0.4) is 0 Å². The van der Waals surface area contributed by atoms with Crippen molar-refractivity contribution in [2.24, 2.45) is 5.92 Å². The molecule has 1 saturated carbocycles. The summed E-state index contributed by atoms with van der Waals surface area (Å²) in [5.41, 5.74) is 2.06. The molecule has 1 amide bonds. The first kappa shape index (κ1) is 18.9. The lowest BCUT2D eigenvalue weighted by molar-refractivity contribution is -0.123. The minimum Gasteiger partial charge on any atom is -0.378 e. The van der Waals surface area contributed by atoms with Crippen LogP contribution in [0.5, 0.6) is 0 Å². The maximum absolute atomic E-state index is 12.3. The average molecular weight is 384 g/mol. The van der Waals surface area contributed by atoms with Gasteiger partial charge in [-0.2, -0.15) is 4.80 Å². The van der Waals surface area contributed by atoms with E-state index in [9.17, 15) is 4.79 Å². The normalized spacial score (nSPS) is 22.8. The molecule has 0 spiro atoms. The zero-order valence-corrected chi connectivity index (χ0v) is 16.4. The lowest BCUT2D eigenvalue weighted by Gasteiger charge is -2.29. The van der Waals surface area contributed by atoms with Gasteiger partial charge in [-0.1, -0.05) is 19.8 Å². The molecule has 2 heterocycles. The van der Waals surface area contributed by atoms with E-state index >= 15 is 0 Å². The Hall–Kier alpha value is -2.48. The molecule has 1 N–H and O–H groups in total. The highest BCUT2D eigenvalue weighted by Gasteiger charge is 2.23. The van der Waals surface area contributed by atoms with Gasteiger partial charge in [-0.25, -0.2) is 0 Å². The van der Waals surface area contributed by atoms with Crippen LogP contribution >= 0.6 is 0 Å². The van der Waals surface area contributed by atoms with Crippen molar-refractivity contribution in [3.8, 4) is 11.4 Å². The number of carbonyl (C=O) groups excluding carboxylic acids is 1. The molecule has 2 unspecified atom stereocenters. The number of rotatable bonds is 5. The Balaban J connectivity index is 1.35. The Morgan fingerprint density at radius 2 is 1.93 bits per heavy atom. The molecular weight excluding hydrogens is 356 g/mol. The van der Waals surface area contributed by atoms with Crippen LogP contribution in [0.2, 0.25) is 0 Å². The third-order valence-corrected chi connectivity index (χ3v) is 5.70. The van der Waals surface area contributed by atoms with Gasteiger partial charge in [0.15, 0.2) is 0 Å². The van der Waals surface area contributed by atoms with Crippen LogP contribution in [0.25, 0.3) is 11.4 Å². The first-order valence-corrected chi connectivity index (χ1v) is 10.2. The number of nitrogens with one attached hydrogen (secondary N) is 1. The van der Waals surface area contributed by atoms with E-state index in [1.165, 1.54) is 29.7 Å². The summed E-state index contributed by atoms with van der Waals surface area (Å²) < 4.78 is 5.40. The Labute approximate surface area is 165 Å². The first-order valence-electron chi connectivity index (χ1n) is 10.2. The van der Waals surface area contributed by atoms with Crippen LogP contribution in [0.1, 0.15) is 32.6 Å². The molecule has 1 aliphatic heterocycles. The maximum Gasteiger partial charge on any atom is 0.243 e. The second-order valence-electron chi connectivity index (χ2n) is 7.73. The highest BCUT2D eigenvalue weighted by molar-refractivity contribution is 5.75. The molecule has 2 atom stereocenters. The van der Waals surface area contributed by atoms with Crippen LogP contribution in [0, 0.1) is 5.92 Å². The van der Waals surface area contributed by atoms with E-state index in [0.29, 0.717) is 11.7 Å². The molecule has 8 nitrogen and oxygen atoms in total. The number of hydrogen-bond acceptors (Lipinski definition) is 6. The summed E-state index contributed by atoms with van der Waals surface area (Å²) in [4.78, 5) is 16.0. The number of amides is 1. The molecule has 150 valence electrons. The Bertz CT molecular complexity index is 784. The van der Waals surface area contributed by atoms with Crippen molar-refractivity contribution in [3.05, 3.63) is 24.3 Å². The van der Waals surface area contributed by atoms with E-state index in [-0.39, 0.29) is 18.5 Å². The van der Waals surface area contributed by atoms with Crippen molar-refractivity contribution >= 4 is 11.6 Å². The molecule has 0 radical (unpaired) electrons. The van der Waals surface area contributed by atoms with E-state index in [0.717, 1.165) is 38.3 Å². The highest BCUT2D eigenvalue weighted by Crippen LogP contribution is 2.24. The smallest absolute Gasteiger partial charge is 0.243 e. The number of carbonyl (C=O) groups is 1. The fourth-order valence-electron chi connectivity index (χ4n) is 3.98. The van der Waals surface area contributed by atoms with Gasteiger partial charge >= 0.3 is 0 Å². The fraction of sp³-hybridized carbons (Fsp3) is 0.600. The number of tetrazole rings is 1. The van der Waals surface area contributed by atoms with Gasteiger partial charge in [0.1, 0.15) is 6.54 Å². The molecule has 8 heteroatoms. The highest BCUT2D eigenvalue weighted by atomic mass is 16.5. The number of anilines is 1. The third kappa shape index (κ3) is 4.49. The molecule has 1 aromatic carbocycles. The summed E-state index contributed by atoms with van der Waals surface area (Å²) in [6, 6.07) is 8.39. The number of benzene rings is 1.